The van der Waals surface area contributed by atoms with Crippen molar-refractivity contribution in [3.05, 3.63) is 52.4 Å². The molecule has 132 valence electrons. The van der Waals surface area contributed by atoms with Crippen LogP contribution in [0.3, 0.4) is 0 Å². The van der Waals surface area contributed by atoms with Crippen LogP contribution in [0.1, 0.15) is 47.0 Å². The zero-order valence-electron chi connectivity index (χ0n) is 14.7. The predicted molar refractivity (Wildman–Crippen MR) is 90.8 cm³/mol. The number of amides is 1. The number of aryl methyl sites for hydroxylation is 3. The van der Waals surface area contributed by atoms with Crippen LogP contribution in [-0.2, 0) is 16.1 Å². The van der Waals surface area contributed by atoms with E-state index in [1.807, 2.05) is 38.1 Å². The van der Waals surface area contributed by atoms with Gasteiger partial charge in [-0.15, -0.1) is 0 Å². The first-order valence-electron chi connectivity index (χ1n) is 8.39. The lowest BCUT2D eigenvalue weighted by Gasteiger charge is -2.40. The molecule has 2 atom stereocenters. The van der Waals surface area contributed by atoms with Gasteiger partial charge in [0.2, 0.25) is 5.91 Å². The number of hydrogen-bond acceptors (Lipinski definition) is 4. The van der Waals surface area contributed by atoms with Gasteiger partial charge in [-0.05, 0) is 32.8 Å². The number of benzene rings is 1. The maximum absolute atomic E-state index is 12.7. The van der Waals surface area contributed by atoms with Crippen LogP contribution >= 0.6 is 0 Å². The smallest absolute Gasteiger partial charge is 0.308 e. The Labute approximate surface area is 146 Å². The van der Waals surface area contributed by atoms with Gasteiger partial charge >= 0.3 is 5.97 Å². The molecule has 2 heterocycles. The number of carbonyl (C=O) groups excluding carboxylic acids is 1. The van der Waals surface area contributed by atoms with E-state index in [0.717, 1.165) is 22.4 Å². The van der Waals surface area contributed by atoms with Gasteiger partial charge in [0, 0.05) is 12.0 Å². The van der Waals surface area contributed by atoms with Crippen LogP contribution in [-0.4, -0.2) is 27.0 Å². The molecule has 1 aliphatic heterocycles. The maximum Gasteiger partial charge on any atom is 0.308 e. The molecule has 0 spiro atoms. The van der Waals surface area contributed by atoms with Gasteiger partial charge in [-0.25, -0.2) is 0 Å². The highest BCUT2D eigenvalue weighted by atomic mass is 16.5. The van der Waals surface area contributed by atoms with Crippen LogP contribution < -0.4 is 0 Å². The lowest BCUT2D eigenvalue weighted by atomic mass is 9.83. The Bertz CT molecular complexity index is 792. The molecule has 0 bridgehead atoms. The molecule has 0 unspecified atom stereocenters. The van der Waals surface area contributed by atoms with Gasteiger partial charge in [0.1, 0.15) is 5.76 Å². The number of carboxylic acids is 1. The summed E-state index contributed by atoms with van der Waals surface area (Å²) in [6.45, 7) is 5.90. The Hall–Kier alpha value is -2.63. The summed E-state index contributed by atoms with van der Waals surface area (Å²) < 4.78 is 5.20. The van der Waals surface area contributed by atoms with E-state index in [0.29, 0.717) is 18.7 Å². The molecule has 6 nitrogen and oxygen atoms in total. The number of aromatic nitrogens is 1. The van der Waals surface area contributed by atoms with Crippen LogP contribution in [0.4, 0.5) is 0 Å². The number of piperidine rings is 1. The van der Waals surface area contributed by atoms with Gasteiger partial charge in [0.25, 0.3) is 0 Å². The first kappa shape index (κ1) is 17.2. The van der Waals surface area contributed by atoms with Crippen molar-refractivity contribution in [2.24, 2.45) is 5.92 Å². The topological polar surface area (TPSA) is 83.6 Å². The second-order valence-corrected chi connectivity index (χ2v) is 6.67. The third-order valence-electron chi connectivity index (χ3n) is 4.92. The van der Waals surface area contributed by atoms with Crippen molar-refractivity contribution in [2.75, 3.05) is 0 Å². The molecule has 1 fully saturated rings. The minimum atomic E-state index is -0.872. The minimum absolute atomic E-state index is 0.0380. The van der Waals surface area contributed by atoms with Crippen molar-refractivity contribution >= 4 is 11.9 Å². The number of carbonyl (C=O) groups is 2. The van der Waals surface area contributed by atoms with E-state index in [9.17, 15) is 14.7 Å². The zero-order chi connectivity index (χ0) is 18.1. The molecule has 25 heavy (non-hydrogen) atoms. The molecular formula is C19H22N2O4. The number of carboxylic acid groups (broad SMARTS) is 1. The van der Waals surface area contributed by atoms with E-state index in [2.05, 4.69) is 5.16 Å². The molecule has 3 rings (SSSR count). The highest BCUT2D eigenvalue weighted by Gasteiger charge is 2.41. The monoisotopic (exact) mass is 342 g/mol. The highest BCUT2D eigenvalue weighted by Crippen LogP contribution is 2.38. The van der Waals surface area contributed by atoms with Crippen molar-refractivity contribution < 1.29 is 19.2 Å². The molecule has 1 aliphatic rings. The third-order valence-corrected chi connectivity index (χ3v) is 4.92. The molecule has 1 aromatic heterocycles. The summed E-state index contributed by atoms with van der Waals surface area (Å²) in [6.07, 6.45) is 0.591. The van der Waals surface area contributed by atoms with Crippen LogP contribution in [0.2, 0.25) is 0 Å². The van der Waals surface area contributed by atoms with E-state index in [-0.39, 0.29) is 12.3 Å². The Morgan fingerprint density at radius 1 is 1.36 bits per heavy atom. The van der Waals surface area contributed by atoms with Crippen molar-refractivity contribution in [3.63, 3.8) is 0 Å². The molecule has 1 N–H and O–H groups in total. The van der Waals surface area contributed by atoms with Crippen LogP contribution in [0.25, 0.3) is 0 Å². The second-order valence-electron chi connectivity index (χ2n) is 6.67. The fraction of sp³-hybridized carbons (Fsp3) is 0.421. The molecule has 0 radical (unpaired) electrons. The summed E-state index contributed by atoms with van der Waals surface area (Å²) in [4.78, 5) is 26.2. The second kappa shape index (κ2) is 6.70. The Morgan fingerprint density at radius 3 is 2.72 bits per heavy atom. The zero-order valence-corrected chi connectivity index (χ0v) is 14.7. The standard InChI is InChI=1S/C19H22N2O4/c1-11-5-4-6-14(9-11)18-15(19(23)24)7-8-17(22)21(18)10-16-12(2)20-25-13(16)3/h4-6,9,15,18H,7-8,10H2,1-3H3,(H,23,24)/t15-,18-/m1/s1. The molecule has 0 saturated carbocycles. The molecule has 0 aliphatic carbocycles. The molecule has 1 aromatic carbocycles. The van der Waals surface area contributed by atoms with Crippen molar-refractivity contribution in [2.45, 2.75) is 46.2 Å². The number of rotatable bonds is 4. The average molecular weight is 342 g/mol. The summed E-state index contributed by atoms with van der Waals surface area (Å²) in [7, 11) is 0. The van der Waals surface area contributed by atoms with Crippen LogP contribution in [0.15, 0.2) is 28.8 Å². The lowest BCUT2D eigenvalue weighted by Crippen LogP contribution is -2.45. The average Bonchev–Trinajstić information content (AvgIpc) is 2.88. The number of aliphatic carboxylic acids is 1. The predicted octanol–water partition coefficient (Wildman–Crippen LogP) is 3.16. The highest BCUT2D eigenvalue weighted by molar-refractivity contribution is 5.81. The van der Waals surface area contributed by atoms with Crippen molar-refractivity contribution in [1.82, 2.24) is 10.1 Å². The summed E-state index contributed by atoms with van der Waals surface area (Å²) in [6, 6.07) is 7.22. The number of hydrogen-bond donors (Lipinski definition) is 1. The van der Waals surface area contributed by atoms with E-state index in [4.69, 9.17) is 4.52 Å². The summed E-state index contributed by atoms with van der Waals surface area (Å²) in [5, 5.41) is 13.7. The normalized spacial score (nSPS) is 20.8. The Balaban J connectivity index is 2.04. The Kier molecular flexibility index (Phi) is 4.61. The Morgan fingerprint density at radius 2 is 2.12 bits per heavy atom. The fourth-order valence-corrected chi connectivity index (χ4v) is 3.56. The molecule has 1 saturated heterocycles. The number of likely N-dealkylation sites (tertiary alicyclic amines) is 1. The first-order chi connectivity index (χ1) is 11.9. The van der Waals surface area contributed by atoms with Gasteiger partial charge in [-0.3, -0.25) is 9.59 Å². The minimum Gasteiger partial charge on any atom is -0.481 e. The van der Waals surface area contributed by atoms with Gasteiger partial charge in [-0.2, -0.15) is 0 Å². The molecule has 1 amide bonds. The maximum atomic E-state index is 12.7. The first-order valence-corrected chi connectivity index (χ1v) is 8.39. The fourth-order valence-electron chi connectivity index (χ4n) is 3.56. The molecule has 6 heteroatoms. The largest absolute Gasteiger partial charge is 0.481 e. The van der Waals surface area contributed by atoms with Gasteiger partial charge in [0.15, 0.2) is 0 Å². The van der Waals surface area contributed by atoms with E-state index >= 15 is 0 Å². The van der Waals surface area contributed by atoms with Gasteiger partial charge in [0.05, 0.1) is 24.2 Å². The van der Waals surface area contributed by atoms with Crippen molar-refractivity contribution in [3.8, 4) is 0 Å². The van der Waals surface area contributed by atoms with Crippen LogP contribution in [0.5, 0.6) is 0 Å². The molecular weight excluding hydrogens is 320 g/mol. The lowest BCUT2D eigenvalue weighted by molar-refractivity contribution is -0.152. The number of nitrogens with zero attached hydrogens (tertiary/aromatic N) is 2. The van der Waals surface area contributed by atoms with Gasteiger partial charge in [-0.1, -0.05) is 35.0 Å². The van der Waals surface area contributed by atoms with E-state index in [1.165, 1.54) is 0 Å². The van der Waals surface area contributed by atoms with E-state index in [1.54, 1.807) is 11.8 Å². The molecule has 2 aromatic rings. The van der Waals surface area contributed by atoms with E-state index < -0.39 is 17.9 Å². The van der Waals surface area contributed by atoms with Gasteiger partial charge < -0.3 is 14.5 Å². The SMILES string of the molecule is Cc1cccc([C@@H]2[C@H](C(=O)O)CCC(=O)N2Cc2c(C)noc2C)c1. The summed E-state index contributed by atoms with van der Waals surface area (Å²) >= 11 is 0. The summed E-state index contributed by atoms with van der Waals surface area (Å²) in [5.41, 5.74) is 3.46. The quantitative estimate of drug-likeness (QED) is 0.923. The summed E-state index contributed by atoms with van der Waals surface area (Å²) in [5.74, 6) is -0.877. The van der Waals surface area contributed by atoms with Crippen molar-refractivity contribution in [1.29, 1.82) is 0 Å². The van der Waals surface area contributed by atoms with Crippen LogP contribution in [0, 0.1) is 26.7 Å². The third kappa shape index (κ3) is 3.29.